The van der Waals surface area contributed by atoms with Gasteiger partial charge in [0.1, 0.15) is 0 Å². The number of benzene rings is 1. The Morgan fingerprint density at radius 3 is 2.67 bits per heavy atom. The molecule has 4 rings (SSSR count). The minimum Gasteiger partial charge on any atom is -0.311 e. The van der Waals surface area contributed by atoms with Gasteiger partial charge in [0.15, 0.2) is 0 Å². The number of piperidine rings is 1. The summed E-state index contributed by atoms with van der Waals surface area (Å²) in [6.07, 6.45) is 3.00. The number of thiazole rings is 1. The molecular weight excluding hydrogens is 306 g/mol. The number of sulfonamides is 1. The summed E-state index contributed by atoms with van der Waals surface area (Å²) in [5.41, 5.74) is 2.82. The minimum absolute atomic E-state index is 0.216. The van der Waals surface area contributed by atoms with E-state index in [4.69, 9.17) is 0 Å². The molecule has 1 aromatic heterocycles. The Bertz CT molecular complexity index is 770. The zero-order valence-electron chi connectivity index (χ0n) is 11.6. The van der Waals surface area contributed by atoms with Crippen molar-refractivity contribution in [1.29, 1.82) is 0 Å². The van der Waals surface area contributed by atoms with E-state index in [-0.39, 0.29) is 5.54 Å². The smallest absolute Gasteiger partial charge is 0.243 e. The van der Waals surface area contributed by atoms with E-state index in [1.165, 1.54) is 17.8 Å². The lowest BCUT2D eigenvalue weighted by Gasteiger charge is -2.48. The van der Waals surface area contributed by atoms with Gasteiger partial charge in [0.25, 0.3) is 0 Å². The van der Waals surface area contributed by atoms with E-state index in [2.05, 4.69) is 10.3 Å². The van der Waals surface area contributed by atoms with Gasteiger partial charge in [-0.3, -0.25) is 0 Å². The first-order valence-electron chi connectivity index (χ1n) is 7.18. The first-order valence-corrected chi connectivity index (χ1v) is 9.50. The average molecular weight is 323 g/mol. The molecule has 1 spiro atoms. The number of rotatable bonds is 2. The lowest BCUT2D eigenvalue weighted by Crippen LogP contribution is -2.62. The molecule has 0 amide bonds. The van der Waals surface area contributed by atoms with Crippen LogP contribution in [0, 0.1) is 0 Å². The summed E-state index contributed by atoms with van der Waals surface area (Å²) >= 11 is 1.47. The molecule has 112 valence electrons. The standard InChI is InChI=1S/C14H17N3O2S2/c18-21(19,11-1-2-12-13(9-11)20-10-15-12)17-7-4-14(5-8-17)3-6-16-14/h1-2,9-10,16H,3-8H2. The van der Waals surface area contributed by atoms with Gasteiger partial charge in [-0.05, 0) is 44.0 Å². The predicted molar refractivity (Wildman–Crippen MR) is 83.0 cm³/mol. The maximum Gasteiger partial charge on any atom is 0.243 e. The first-order chi connectivity index (χ1) is 10.1. The maximum atomic E-state index is 12.8. The van der Waals surface area contributed by atoms with Gasteiger partial charge in [0.2, 0.25) is 10.0 Å². The van der Waals surface area contributed by atoms with Crippen LogP contribution in [-0.2, 0) is 10.0 Å². The molecule has 0 atom stereocenters. The number of nitrogens with one attached hydrogen (secondary N) is 1. The third-order valence-corrected chi connectivity index (χ3v) is 7.41. The maximum absolute atomic E-state index is 12.8. The van der Waals surface area contributed by atoms with Crippen LogP contribution in [0.1, 0.15) is 19.3 Å². The fourth-order valence-electron chi connectivity index (χ4n) is 3.20. The first kappa shape index (κ1) is 13.6. The van der Waals surface area contributed by atoms with Crippen molar-refractivity contribution in [3.63, 3.8) is 0 Å². The van der Waals surface area contributed by atoms with E-state index in [9.17, 15) is 8.42 Å². The second kappa shape index (κ2) is 4.74. The van der Waals surface area contributed by atoms with Crippen molar-refractivity contribution in [3.05, 3.63) is 23.7 Å². The SMILES string of the molecule is O=S(=O)(c1ccc2ncsc2c1)N1CCC2(CCN2)CC1. The largest absolute Gasteiger partial charge is 0.311 e. The zero-order chi connectivity index (χ0) is 14.5. The highest BCUT2D eigenvalue weighted by Gasteiger charge is 2.41. The molecule has 21 heavy (non-hydrogen) atoms. The highest BCUT2D eigenvalue weighted by Crippen LogP contribution is 2.33. The van der Waals surface area contributed by atoms with Crippen LogP contribution in [0.2, 0.25) is 0 Å². The summed E-state index contributed by atoms with van der Waals surface area (Å²) in [7, 11) is -3.38. The highest BCUT2D eigenvalue weighted by atomic mass is 32.2. The molecule has 7 heteroatoms. The molecule has 0 unspecified atom stereocenters. The van der Waals surface area contributed by atoms with Crippen LogP contribution in [0.4, 0.5) is 0 Å². The van der Waals surface area contributed by atoms with Crippen molar-refractivity contribution in [1.82, 2.24) is 14.6 Å². The molecule has 0 saturated carbocycles. The van der Waals surface area contributed by atoms with E-state index in [1.807, 2.05) is 0 Å². The molecule has 2 fully saturated rings. The van der Waals surface area contributed by atoms with Crippen molar-refractivity contribution in [3.8, 4) is 0 Å². The molecule has 3 heterocycles. The molecule has 0 aliphatic carbocycles. The summed E-state index contributed by atoms with van der Waals surface area (Å²) in [5.74, 6) is 0. The van der Waals surface area contributed by atoms with Crippen LogP contribution in [-0.4, -0.2) is 42.9 Å². The Hall–Kier alpha value is -1.02. The van der Waals surface area contributed by atoms with E-state index >= 15 is 0 Å². The second-order valence-electron chi connectivity index (χ2n) is 5.84. The summed E-state index contributed by atoms with van der Waals surface area (Å²) in [6.45, 7) is 2.28. The number of fused-ring (bicyclic) bond motifs is 1. The molecule has 1 N–H and O–H groups in total. The van der Waals surface area contributed by atoms with Gasteiger partial charge in [-0.2, -0.15) is 4.31 Å². The Morgan fingerprint density at radius 1 is 1.24 bits per heavy atom. The van der Waals surface area contributed by atoms with Crippen LogP contribution >= 0.6 is 11.3 Å². The van der Waals surface area contributed by atoms with Crippen molar-refractivity contribution in [2.75, 3.05) is 19.6 Å². The fraction of sp³-hybridized carbons (Fsp3) is 0.500. The quantitative estimate of drug-likeness (QED) is 0.915. The van der Waals surface area contributed by atoms with Crippen LogP contribution in [0.15, 0.2) is 28.6 Å². The van der Waals surface area contributed by atoms with Crippen molar-refractivity contribution in [2.45, 2.75) is 29.7 Å². The Labute approximate surface area is 128 Å². The van der Waals surface area contributed by atoms with Gasteiger partial charge in [0, 0.05) is 18.6 Å². The predicted octanol–water partition coefficient (Wildman–Crippen LogP) is 1.81. The number of aromatic nitrogens is 1. The van der Waals surface area contributed by atoms with Crippen LogP contribution in [0.5, 0.6) is 0 Å². The van der Waals surface area contributed by atoms with Gasteiger partial charge in [-0.1, -0.05) is 0 Å². The van der Waals surface area contributed by atoms with Crippen LogP contribution in [0.25, 0.3) is 10.2 Å². The van der Waals surface area contributed by atoms with E-state index in [0.29, 0.717) is 18.0 Å². The third kappa shape index (κ3) is 2.19. The molecule has 2 saturated heterocycles. The number of hydrogen-bond acceptors (Lipinski definition) is 5. The lowest BCUT2D eigenvalue weighted by atomic mass is 9.80. The minimum atomic E-state index is -3.38. The summed E-state index contributed by atoms with van der Waals surface area (Å²) < 4.78 is 28.1. The van der Waals surface area contributed by atoms with Crippen LogP contribution in [0.3, 0.4) is 0 Å². The summed E-state index contributed by atoms with van der Waals surface area (Å²) in [5, 5.41) is 3.47. The van der Waals surface area contributed by atoms with Crippen LogP contribution < -0.4 is 5.32 Å². The van der Waals surface area contributed by atoms with Gasteiger partial charge in [-0.15, -0.1) is 11.3 Å². The van der Waals surface area contributed by atoms with Gasteiger partial charge in [0.05, 0.1) is 20.6 Å². The average Bonchev–Trinajstić information content (AvgIpc) is 2.93. The Morgan fingerprint density at radius 2 is 2.00 bits per heavy atom. The van der Waals surface area contributed by atoms with Gasteiger partial charge in [-0.25, -0.2) is 13.4 Å². The molecular formula is C14H17N3O2S2. The van der Waals surface area contributed by atoms with Gasteiger partial charge >= 0.3 is 0 Å². The van der Waals surface area contributed by atoms with E-state index in [0.717, 1.165) is 29.6 Å². The van der Waals surface area contributed by atoms with E-state index in [1.54, 1.807) is 28.0 Å². The third-order valence-electron chi connectivity index (χ3n) is 4.72. The summed E-state index contributed by atoms with van der Waals surface area (Å²) in [6, 6.07) is 5.20. The normalized spacial score (nSPS) is 22.5. The summed E-state index contributed by atoms with van der Waals surface area (Å²) in [4.78, 5) is 4.58. The molecule has 0 bridgehead atoms. The second-order valence-corrected chi connectivity index (χ2v) is 8.67. The number of hydrogen-bond donors (Lipinski definition) is 1. The molecule has 2 aromatic rings. The molecule has 2 aliphatic heterocycles. The van der Waals surface area contributed by atoms with Crippen molar-refractivity contribution >= 4 is 31.6 Å². The highest BCUT2D eigenvalue weighted by molar-refractivity contribution is 7.89. The fourth-order valence-corrected chi connectivity index (χ4v) is 5.46. The molecule has 5 nitrogen and oxygen atoms in total. The van der Waals surface area contributed by atoms with Gasteiger partial charge < -0.3 is 5.32 Å². The molecule has 0 radical (unpaired) electrons. The van der Waals surface area contributed by atoms with E-state index < -0.39 is 10.0 Å². The molecule has 2 aliphatic rings. The monoisotopic (exact) mass is 323 g/mol. The Balaban J connectivity index is 1.60. The zero-order valence-corrected chi connectivity index (χ0v) is 13.2. The topological polar surface area (TPSA) is 62.3 Å². The lowest BCUT2D eigenvalue weighted by molar-refractivity contribution is 0.121. The molecule has 1 aromatic carbocycles. The Kier molecular flexibility index (Phi) is 3.08. The van der Waals surface area contributed by atoms with Crippen molar-refractivity contribution in [2.24, 2.45) is 0 Å². The number of nitrogens with zero attached hydrogens (tertiary/aromatic N) is 2. The van der Waals surface area contributed by atoms with Crippen molar-refractivity contribution < 1.29 is 8.42 Å².